The number of methoxy groups -OCH3 is 1. The van der Waals surface area contributed by atoms with Gasteiger partial charge in [0, 0.05) is 47.9 Å². The zero-order valence-corrected chi connectivity index (χ0v) is 25.0. The van der Waals surface area contributed by atoms with Crippen LogP contribution in [0.3, 0.4) is 0 Å². The molecule has 0 unspecified atom stereocenters. The summed E-state index contributed by atoms with van der Waals surface area (Å²) in [6, 6.07) is 2.47. The molecular formula is C27H37N7O4S2. The standard InChI is InChI=1S/C27H37N7O4S2/c1-18-21(17-32-9-5-20(6-10-32)33-7-4-8-33)24-25(39-18)23(29-27(30-24)34-11-13-38-14-12-34)19-15-22(31-40(3,35)36)26(37-2)28-16-19/h15-16,20,31H,4-14,17H2,1-3H3. The number of nitrogens with zero attached hydrogens (tertiary/aromatic N) is 6. The Balaban J connectivity index is 1.39. The molecule has 0 saturated carbocycles. The van der Waals surface area contributed by atoms with Gasteiger partial charge in [0.25, 0.3) is 0 Å². The van der Waals surface area contributed by atoms with Crippen molar-refractivity contribution in [2.45, 2.75) is 38.8 Å². The van der Waals surface area contributed by atoms with Crippen LogP contribution in [-0.4, -0.2) is 105 Å². The van der Waals surface area contributed by atoms with Gasteiger partial charge in [0.05, 0.1) is 42.5 Å². The lowest BCUT2D eigenvalue weighted by Crippen LogP contribution is -2.50. The predicted molar refractivity (Wildman–Crippen MR) is 158 cm³/mol. The van der Waals surface area contributed by atoms with E-state index < -0.39 is 10.0 Å². The summed E-state index contributed by atoms with van der Waals surface area (Å²) in [5.74, 6) is 0.868. The first-order valence-corrected chi connectivity index (χ1v) is 16.6. The van der Waals surface area contributed by atoms with E-state index >= 15 is 0 Å². The lowest BCUT2D eigenvalue weighted by molar-refractivity contribution is 0.0613. The van der Waals surface area contributed by atoms with Crippen molar-refractivity contribution in [2.75, 3.05) is 75.5 Å². The van der Waals surface area contributed by atoms with Crippen LogP contribution in [0.5, 0.6) is 5.88 Å². The van der Waals surface area contributed by atoms with Gasteiger partial charge >= 0.3 is 0 Å². The van der Waals surface area contributed by atoms with Gasteiger partial charge in [-0.15, -0.1) is 11.3 Å². The van der Waals surface area contributed by atoms with E-state index in [2.05, 4.69) is 31.3 Å². The molecule has 0 aromatic carbocycles. The minimum atomic E-state index is -3.53. The Kier molecular flexibility index (Phi) is 7.83. The Morgan fingerprint density at radius 1 is 1.12 bits per heavy atom. The number of pyridine rings is 1. The van der Waals surface area contributed by atoms with E-state index in [0.717, 1.165) is 60.9 Å². The van der Waals surface area contributed by atoms with Gasteiger partial charge < -0.3 is 19.3 Å². The second-order valence-corrected chi connectivity index (χ2v) is 13.8. The molecule has 0 amide bonds. The van der Waals surface area contributed by atoms with Crippen molar-refractivity contribution >= 4 is 43.2 Å². The number of ether oxygens (including phenoxy) is 2. The Morgan fingerprint density at radius 2 is 1.88 bits per heavy atom. The molecule has 216 valence electrons. The monoisotopic (exact) mass is 587 g/mol. The number of likely N-dealkylation sites (tertiary alicyclic amines) is 2. The highest BCUT2D eigenvalue weighted by molar-refractivity contribution is 7.92. The number of morpholine rings is 1. The Labute approximate surface area is 239 Å². The maximum atomic E-state index is 12.1. The molecule has 3 fully saturated rings. The van der Waals surface area contributed by atoms with Crippen molar-refractivity contribution in [1.82, 2.24) is 24.8 Å². The Morgan fingerprint density at radius 3 is 2.52 bits per heavy atom. The van der Waals surface area contributed by atoms with E-state index in [1.807, 2.05) is 0 Å². The largest absolute Gasteiger partial charge is 0.480 e. The Bertz CT molecular complexity index is 1480. The van der Waals surface area contributed by atoms with Gasteiger partial charge in [-0.3, -0.25) is 9.62 Å². The van der Waals surface area contributed by atoms with Gasteiger partial charge in [-0.2, -0.15) is 0 Å². The first-order chi connectivity index (χ1) is 19.3. The molecule has 0 spiro atoms. The van der Waals surface area contributed by atoms with Crippen LogP contribution in [0, 0.1) is 6.92 Å². The molecule has 6 rings (SSSR count). The fourth-order valence-corrected chi connectivity index (χ4v) is 7.46. The van der Waals surface area contributed by atoms with Crippen LogP contribution in [0.15, 0.2) is 12.3 Å². The van der Waals surface area contributed by atoms with E-state index in [-0.39, 0.29) is 11.6 Å². The van der Waals surface area contributed by atoms with Crippen LogP contribution in [-0.2, 0) is 21.3 Å². The van der Waals surface area contributed by atoms with Crippen molar-refractivity contribution in [3.05, 3.63) is 22.7 Å². The SMILES string of the molecule is COc1ncc(-c2nc(N3CCOCC3)nc3c(CN4CCC(N5CCC5)CC4)c(C)sc23)cc1NS(C)(=O)=O. The summed E-state index contributed by atoms with van der Waals surface area (Å²) < 4.78 is 38.6. The summed E-state index contributed by atoms with van der Waals surface area (Å²) in [4.78, 5) is 23.1. The lowest BCUT2D eigenvalue weighted by atomic mass is 9.99. The third kappa shape index (κ3) is 5.75. The highest BCUT2D eigenvalue weighted by Gasteiger charge is 2.29. The van der Waals surface area contributed by atoms with Crippen molar-refractivity contribution in [3.63, 3.8) is 0 Å². The molecule has 6 heterocycles. The zero-order chi connectivity index (χ0) is 27.9. The third-order valence-corrected chi connectivity index (χ3v) is 9.81. The van der Waals surface area contributed by atoms with Gasteiger partial charge in [-0.25, -0.2) is 23.4 Å². The van der Waals surface area contributed by atoms with Crippen LogP contribution < -0.4 is 14.4 Å². The topological polar surface area (TPSA) is 113 Å². The minimum absolute atomic E-state index is 0.206. The van der Waals surface area contributed by atoms with E-state index in [9.17, 15) is 8.42 Å². The van der Waals surface area contributed by atoms with Crippen molar-refractivity contribution in [2.24, 2.45) is 0 Å². The molecule has 3 aliphatic rings. The van der Waals surface area contributed by atoms with Crippen LogP contribution in [0.1, 0.15) is 29.7 Å². The van der Waals surface area contributed by atoms with E-state index in [1.165, 1.54) is 49.9 Å². The third-order valence-electron chi connectivity index (χ3n) is 8.07. The summed E-state index contributed by atoms with van der Waals surface area (Å²) in [6.07, 6.45) is 6.57. The summed E-state index contributed by atoms with van der Waals surface area (Å²) in [5.41, 5.74) is 3.94. The lowest BCUT2D eigenvalue weighted by Gasteiger charge is -2.43. The van der Waals surface area contributed by atoms with E-state index in [4.69, 9.17) is 19.4 Å². The van der Waals surface area contributed by atoms with E-state index in [1.54, 1.807) is 23.6 Å². The van der Waals surface area contributed by atoms with Gasteiger partial charge in [0.2, 0.25) is 21.9 Å². The highest BCUT2D eigenvalue weighted by atomic mass is 32.2. The van der Waals surface area contributed by atoms with Crippen LogP contribution in [0.2, 0.25) is 0 Å². The van der Waals surface area contributed by atoms with Gasteiger partial charge in [0.1, 0.15) is 5.69 Å². The number of hydrogen-bond donors (Lipinski definition) is 1. The highest BCUT2D eigenvalue weighted by Crippen LogP contribution is 2.40. The number of fused-ring (bicyclic) bond motifs is 1. The second-order valence-electron chi connectivity index (χ2n) is 10.8. The molecule has 3 aliphatic heterocycles. The van der Waals surface area contributed by atoms with Crippen molar-refractivity contribution in [3.8, 4) is 17.1 Å². The number of piperidine rings is 1. The number of thiophene rings is 1. The zero-order valence-electron chi connectivity index (χ0n) is 23.4. The maximum absolute atomic E-state index is 12.1. The molecule has 3 aromatic heterocycles. The van der Waals surface area contributed by atoms with E-state index in [0.29, 0.717) is 24.7 Å². The predicted octanol–water partition coefficient (Wildman–Crippen LogP) is 2.95. The fourth-order valence-electron chi connectivity index (χ4n) is 5.80. The van der Waals surface area contributed by atoms with Crippen molar-refractivity contribution in [1.29, 1.82) is 0 Å². The first kappa shape index (κ1) is 27.6. The van der Waals surface area contributed by atoms with Gasteiger partial charge in [-0.1, -0.05) is 0 Å². The fraction of sp³-hybridized carbons (Fsp3) is 0.593. The molecule has 0 aliphatic carbocycles. The molecule has 0 atom stereocenters. The normalized spacial score (nSPS) is 19.6. The molecule has 13 heteroatoms. The second kappa shape index (κ2) is 11.4. The number of rotatable bonds is 8. The summed E-state index contributed by atoms with van der Waals surface area (Å²) >= 11 is 1.69. The number of hydrogen-bond acceptors (Lipinski definition) is 11. The molecule has 3 aromatic rings. The molecule has 3 saturated heterocycles. The summed E-state index contributed by atoms with van der Waals surface area (Å²) in [6.45, 7) is 10.4. The smallest absolute Gasteiger partial charge is 0.238 e. The average molecular weight is 588 g/mol. The molecular weight excluding hydrogens is 550 g/mol. The maximum Gasteiger partial charge on any atom is 0.238 e. The van der Waals surface area contributed by atoms with Crippen molar-refractivity contribution < 1.29 is 17.9 Å². The number of aryl methyl sites for hydroxylation is 1. The minimum Gasteiger partial charge on any atom is -0.480 e. The molecule has 0 bridgehead atoms. The van der Waals surface area contributed by atoms with Crippen LogP contribution >= 0.6 is 11.3 Å². The van der Waals surface area contributed by atoms with Gasteiger partial charge in [0.15, 0.2) is 0 Å². The number of anilines is 2. The molecule has 40 heavy (non-hydrogen) atoms. The van der Waals surface area contributed by atoms with Crippen LogP contribution in [0.25, 0.3) is 21.5 Å². The molecule has 11 nitrogen and oxygen atoms in total. The summed E-state index contributed by atoms with van der Waals surface area (Å²) in [5, 5.41) is 0. The quantitative estimate of drug-likeness (QED) is 0.422. The first-order valence-electron chi connectivity index (χ1n) is 13.9. The summed E-state index contributed by atoms with van der Waals surface area (Å²) in [7, 11) is -2.07. The van der Waals surface area contributed by atoms with Gasteiger partial charge in [-0.05, 0) is 58.4 Å². The number of sulfonamides is 1. The number of aromatic nitrogens is 3. The molecule has 1 N–H and O–H groups in total. The number of nitrogens with one attached hydrogen (secondary N) is 1. The Hall–Kier alpha value is -2.58. The average Bonchev–Trinajstić information content (AvgIpc) is 3.22. The molecule has 0 radical (unpaired) electrons. The van der Waals surface area contributed by atoms with Crippen LogP contribution in [0.4, 0.5) is 11.6 Å².